The second kappa shape index (κ2) is 51.0. The topological polar surface area (TPSA) is 78.9 Å². The Morgan fingerprint density at radius 1 is 0.349 bits per heavy atom. The number of unbranched alkanes of at least 4 members (excludes halogenated alkanes) is 19. The van der Waals surface area contributed by atoms with Crippen LogP contribution in [-0.4, -0.2) is 37.2 Å². The van der Waals surface area contributed by atoms with Gasteiger partial charge in [-0.05, 0) is 77.0 Å². The van der Waals surface area contributed by atoms with E-state index < -0.39 is 12.1 Å². The van der Waals surface area contributed by atoms with Crippen molar-refractivity contribution >= 4 is 17.9 Å². The van der Waals surface area contributed by atoms with E-state index in [-0.39, 0.29) is 31.6 Å². The van der Waals surface area contributed by atoms with Crippen LogP contribution in [0, 0.1) is 0 Å². The Kier molecular flexibility index (Phi) is 48.0. The van der Waals surface area contributed by atoms with Crippen LogP contribution >= 0.6 is 0 Å². The van der Waals surface area contributed by atoms with Crippen molar-refractivity contribution in [3.05, 3.63) is 97.2 Å². The van der Waals surface area contributed by atoms with Crippen molar-refractivity contribution in [2.45, 2.75) is 232 Å². The number of hydrogen-bond acceptors (Lipinski definition) is 6. The minimum Gasteiger partial charge on any atom is -0.462 e. The van der Waals surface area contributed by atoms with Crippen LogP contribution in [0.25, 0.3) is 0 Å². The summed E-state index contributed by atoms with van der Waals surface area (Å²) in [6.45, 7) is 6.28. The van der Waals surface area contributed by atoms with Crippen molar-refractivity contribution < 1.29 is 28.6 Å². The molecule has 0 heterocycles. The minimum absolute atomic E-state index is 0.121. The average molecular weight is 875 g/mol. The predicted molar refractivity (Wildman–Crippen MR) is 270 cm³/mol. The van der Waals surface area contributed by atoms with Gasteiger partial charge >= 0.3 is 17.9 Å². The van der Waals surface area contributed by atoms with Crippen molar-refractivity contribution in [1.29, 1.82) is 0 Å². The van der Waals surface area contributed by atoms with E-state index in [0.29, 0.717) is 12.8 Å². The highest BCUT2D eigenvalue weighted by molar-refractivity contribution is 5.72. The summed E-state index contributed by atoms with van der Waals surface area (Å²) < 4.78 is 16.6. The van der Waals surface area contributed by atoms with Crippen LogP contribution < -0.4 is 0 Å². The Morgan fingerprint density at radius 2 is 0.683 bits per heavy atom. The third-order valence-electron chi connectivity index (χ3n) is 10.6. The highest BCUT2D eigenvalue weighted by atomic mass is 16.6. The molecule has 0 fully saturated rings. The molecule has 0 saturated heterocycles. The van der Waals surface area contributed by atoms with Crippen LogP contribution in [0.2, 0.25) is 0 Å². The fourth-order valence-corrected chi connectivity index (χ4v) is 6.82. The second-order valence-electron chi connectivity index (χ2n) is 16.7. The molecule has 358 valence electrons. The molecule has 0 radical (unpaired) electrons. The average Bonchev–Trinajstić information content (AvgIpc) is 3.28. The van der Waals surface area contributed by atoms with Gasteiger partial charge in [0.2, 0.25) is 0 Å². The lowest BCUT2D eigenvalue weighted by Gasteiger charge is -2.18. The Hall–Kier alpha value is -3.67. The van der Waals surface area contributed by atoms with Crippen molar-refractivity contribution in [2.75, 3.05) is 13.2 Å². The SMILES string of the molecule is CC/C=C\C/C=C\C/C=C\C/C=C\C/C=C\CCCCCC(=O)OCC(COC(=O)C/C=C\C/C=C\C/C=C\CC)OC(=O)CCCCCCCCCCCCCCCCCCC. The van der Waals surface area contributed by atoms with E-state index in [0.717, 1.165) is 96.3 Å². The fourth-order valence-electron chi connectivity index (χ4n) is 6.82. The van der Waals surface area contributed by atoms with Gasteiger partial charge in [-0.25, -0.2) is 0 Å². The molecule has 0 bridgehead atoms. The van der Waals surface area contributed by atoms with Crippen LogP contribution in [0.1, 0.15) is 226 Å². The summed E-state index contributed by atoms with van der Waals surface area (Å²) in [7, 11) is 0. The van der Waals surface area contributed by atoms with Crippen LogP contribution in [0.15, 0.2) is 97.2 Å². The summed E-state index contributed by atoms with van der Waals surface area (Å²) in [6.07, 6.45) is 67.2. The summed E-state index contributed by atoms with van der Waals surface area (Å²) in [5.41, 5.74) is 0. The van der Waals surface area contributed by atoms with Gasteiger partial charge in [0.25, 0.3) is 0 Å². The number of esters is 3. The Bertz CT molecular complexity index is 1280. The zero-order chi connectivity index (χ0) is 45.8. The summed E-state index contributed by atoms with van der Waals surface area (Å²) in [5.74, 6) is -1.08. The van der Waals surface area contributed by atoms with Crippen LogP contribution in [-0.2, 0) is 28.6 Å². The molecule has 0 aliphatic carbocycles. The molecule has 0 spiro atoms. The lowest BCUT2D eigenvalue weighted by Crippen LogP contribution is -2.30. The van der Waals surface area contributed by atoms with Crippen molar-refractivity contribution in [2.24, 2.45) is 0 Å². The Labute approximate surface area is 387 Å². The first-order valence-electron chi connectivity index (χ1n) is 25.7. The maximum atomic E-state index is 12.8. The van der Waals surface area contributed by atoms with Gasteiger partial charge in [-0.15, -0.1) is 0 Å². The molecule has 0 N–H and O–H groups in total. The zero-order valence-electron chi connectivity index (χ0n) is 40.8. The molecule has 0 aromatic carbocycles. The first-order chi connectivity index (χ1) is 31.0. The largest absolute Gasteiger partial charge is 0.462 e. The van der Waals surface area contributed by atoms with Crippen LogP contribution in [0.3, 0.4) is 0 Å². The quantitative estimate of drug-likeness (QED) is 0.0262. The normalized spacial score (nSPS) is 12.9. The lowest BCUT2D eigenvalue weighted by atomic mass is 10.0. The third kappa shape index (κ3) is 49.2. The number of hydrogen-bond donors (Lipinski definition) is 0. The molecule has 0 saturated carbocycles. The number of ether oxygens (including phenoxy) is 3. The van der Waals surface area contributed by atoms with Crippen LogP contribution in [0.5, 0.6) is 0 Å². The monoisotopic (exact) mass is 875 g/mol. The van der Waals surface area contributed by atoms with Gasteiger partial charge in [-0.2, -0.15) is 0 Å². The van der Waals surface area contributed by atoms with E-state index in [4.69, 9.17) is 14.2 Å². The van der Waals surface area contributed by atoms with Gasteiger partial charge in [0.15, 0.2) is 6.10 Å². The van der Waals surface area contributed by atoms with E-state index in [9.17, 15) is 14.4 Å². The highest BCUT2D eigenvalue weighted by Crippen LogP contribution is 2.15. The number of rotatable bonds is 45. The molecule has 63 heavy (non-hydrogen) atoms. The standard InChI is InChI=1S/C57H94O6/c1-4-7-10-13-16-19-21-23-25-27-28-30-31-33-35-38-41-44-47-50-56(59)62-53-54(52-61-55(58)49-46-43-40-37-18-15-12-9-6-3)63-57(60)51-48-45-42-39-36-34-32-29-26-24-22-20-17-14-11-8-5-2/h7,9-10,12,16,18-19,23,25,28,30,33,35,37,43,46,54H,4-6,8,11,13-15,17,20-22,24,26-27,29,31-32,34,36,38-42,44-45,47-53H2,1-3H3/b10-7-,12-9-,19-16-,25-23-,30-28-,35-33-,37-18-,46-43-. The van der Waals surface area contributed by atoms with Crippen molar-refractivity contribution in [3.8, 4) is 0 Å². The predicted octanol–water partition coefficient (Wildman–Crippen LogP) is 17.0. The van der Waals surface area contributed by atoms with E-state index >= 15 is 0 Å². The Balaban J connectivity index is 4.42. The van der Waals surface area contributed by atoms with Gasteiger partial charge < -0.3 is 14.2 Å². The molecule has 0 aromatic rings. The van der Waals surface area contributed by atoms with Gasteiger partial charge in [0, 0.05) is 12.8 Å². The molecule has 1 unspecified atom stereocenters. The van der Waals surface area contributed by atoms with Gasteiger partial charge in [-0.3, -0.25) is 14.4 Å². The Morgan fingerprint density at radius 3 is 1.11 bits per heavy atom. The second-order valence-corrected chi connectivity index (χ2v) is 16.7. The smallest absolute Gasteiger partial charge is 0.309 e. The lowest BCUT2D eigenvalue weighted by molar-refractivity contribution is -0.166. The van der Waals surface area contributed by atoms with Gasteiger partial charge in [0.05, 0.1) is 6.42 Å². The summed E-state index contributed by atoms with van der Waals surface area (Å²) >= 11 is 0. The highest BCUT2D eigenvalue weighted by Gasteiger charge is 2.19. The van der Waals surface area contributed by atoms with Crippen LogP contribution in [0.4, 0.5) is 0 Å². The van der Waals surface area contributed by atoms with E-state index in [1.807, 2.05) is 6.08 Å². The zero-order valence-corrected chi connectivity index (χ0v) is 40.8. The van der Waals surface area contributed by atoms with E-state index in [2.05, 4.69) is 106 Å². The minimum atomic E-state index is -0.824. The van der Waals surface area contributed by atoms with Gasteiger partial charge in [0.1, 0.15) is 13.2 Å². The first-order valence-corrected chi connectivity index (χ1v) is 25.7. The van der Waals surface area contributed by atoms with E-state index in [1.165, 1.54) is 89.9 Å². The summed E-state index contributed by atoms with van der Waals surface area (Å²) in [4.78, 5) is 37.8. The van der Waals surface area contributed by atoms with Gasteiger partial charge in [-0.1, -0.05) is 227 Å². The fraction of sp³-hybridized carbons (Fsp3) is 0.667. The van der Waals surface area contributed by atoms with E-state index in [1.54, 1.807) is 6.08 Å². The van der Waals surface area contributed by atoms with Crippen molar-refractivity contribution in [1.82, 2.24) is 0 Å². The molecule has 6 heteroatoms. The molecule has 6 nitrogen and oxygen atoms in total. The molecule has 0 rings (SSSR count). The molecule has 0 amide bonds. The first kappa shape index (κ1) is 59.3. The maximum absolute atomic E-state index is 12.8. The number of allylic oxidation sites excluding steroid dienone is 15. The third-order valence-corrected chi connectivity index (χ3v) is 10.6. The molecular weight excluding hydrogens is 781 g/mol. The molecule has 0 aromatic heterocycles. The van der Waals surface area contributed by atoms with Crippen molar-refractivity contribution in [3.63, 3.8) is 0 Å². The number of carbonyl (C=O) groups excluding carboxylic acids is 3. The molecule has 0 aliphatic rings. The number of carbonyl (C=O) groups is 3. The summed E-state index contributed by atoms with van der Waals surface area (Å²) in [5, 5.41) is 0. The molecular formula is C57H94O6. The molecule has 1 atom stereocenters. The molecule has 0 aliphatic heterocycles. The summed E-state index contributed by atoms with van der Waals surface area (Å²) in [6, 6.07) is 0. The maximum Gasteiger partial charge on any atom is 0.309 e.